The molecule has 0 amide bonds. The van der Waals surface area contributed by atoms with E-state index in [1.165, 1.54) is 0 Å². The van der Waals surface area contributed by atoms with Gasteiger partial charge in [-0.15, -0.1) is 10.2 Å². The smallest absolute Gasteiger partial charge is 0.248 e. The molecular weight excluding hydrogens is 1080 g/mol. The Bertz CT molecular complexity index is 4500. The molecule has 11 aromatic carbocycles. The molecule has 15 rings (SSSR count). The number of fused-ring (bicyclic) bond motifs is 9. The first-order valence-electron chi connectivity index (χ1n) is 28.6. The van der Waals surface area contributed by atoms with E-state index in [1.807, 2.05) is 66.7 Å². The van der Waals surface area contributed by atoms with Gasteiger partial charge in [0.2, 0.25) is 11.8 Å². The molecule has 0 radical (unpaired) electrons. The van der Waals surface area contributed by atoms with E-state index in [0.29, 0.717) is 11.8 Å². The Morgan fingerprint density at radius 3 is 0.770 bits per heavy atom. The van der Waals surface area contributed by atoms with Crippen LogP contribution in [-0.2, 0) is 5.41 Å². The number of benzene rings is 11. The second-order valence-corrected chi connectivity index (χ2v) is 21.6. The van der Waals surface area contributed by atoms with Gasteiger partial charge in [-0.3, -0.25) is 0 Å². The molecule has 12 nitrogen and oxygen atoms in total. The Labute approximate surface area is 501 Å². The van der Waals surface area contributed by atoms with E-state index in [4.69, 9.17) is 32.8 Å². The van der Waals surface area contributed by atoms with E-state index in [2.05, 4.69) is 194 Å². The zero-order valence-corrected chi connectivity index (χ0v) is 48.6. The van der Waals surface area contributed by atoms with Crippen molar-refractivity contribution in [2.45, 2.75) is 5.41 Å². The molecule has 0 bridgehead atoms. The van der Waals surface area contributed by atoms with Gasteiger partial charge in [0.1, 0.15) is 34.5 Å². The summed E-state index contributed by atoms with van der Waals surface area (Å²) in [5.41, 5.74) is 14.1. The van der Waals surface area contributed by atoms with Crippen molar-refractivity contribution in [3.05, 3.63) is 259 Å². The minimum atomic E-state index is -0.942. The van der Waals surface area contributed by atoms with Crippen molar-refractivity contribution in [3.63, 3.8) is 0 Å². The van der Waals surface area contributed by atoms with Crippen LogP contribution >= 0.6 is 0 Å². The van der Waals surface area contributed by atoms with Crippen molar-refractivity contribution in [2.75, 3.05) is 42.7 Å². The topological polar surface area (TPSA) is 109 Å². The van der Waals surface area contributed by atoms with Gasteiger partial charge in [-0.05, 0) is 192 Å². The molecule has 0 aliphatic carbocycles. The second kappa shape index (κ2) is 21.1. The Kier molecular flexibility index (Phi) is 12.8. The minimum Gasteiger partial charge on any atom is -0.497 e. The lowest BCUT2D eigenvalue weighted by Gasteiger charge is -2.37. The summed E-state index contributed by atoms with van der Waals surface area (Å²) in [5.74, 6) is 5.55. The molecule has 4 heterocycles. The van der Waals surface area contributed by atoms with E-state index in [-0.39, 0.29) is 0 Å². The van der Waals surface area contributed by atoms with Gasteiger partial charge in [0.15, 0.2) is 0 Å². The lowest BCUT2D eigenvalue weighted by atomic mass is 9.65. The maximum Gasteiger partial charge on any atom is 0.248 e. The molecule has 0 saturated heterocycles. The number of hydrogen-bond donors (Lipinski definition) is 0. The predicted molar refractivity (Wildman–Crippen MR) is 346 cm³/mol. The highest BCUT2D eigenvalue weighted by molar-refractivity contribution is 6.12. The molecule has 424 valence electrons. The zero-order chi connectivity index (χ0) is 58.9. The third kappa shape index (κ3) is 8.50. The van der Waals surface area contributed by atoms with Crippen LogP contribution in [0.4, 0.5) is 0 Å². The van der Waals surface area contributed by atoms with Crippen LogP contribution in [0.15, 0.2) is 241 Å². The highest BCUT2D eigenvalue weighted by Gasteiger charge is 2.39. The summed E-state index contributed by atoms with van der Waals surface area (Å²) in [4.78, 5) is 0. The molecule has 0 fully saturated rings. The number of hydrogen-bond acceptors (Lipinski definition) is 9. The van der Waals surface area contributed by atoms with Gasteiger partial charge in [-0.2, -0.15) is 0 Å². The number of nitrogens with zero attached hydrogens (tertiary/aromatic N) is 5. The lowest BCUT2D eigenvalue weighted by Crippen LogP contribution is -2.31. The Hall–Kier alpha value is -11.2. The largest absolute Gasteiger partial charge is 0.497 e. The van der Waals surface area contributed by atoms with Crippen LogP contribution in [0.3, 0.4) is 0 Å². The highest BCUT2D eigenvalue weighted by atomic mass is 16.5. The van der Waals surface area contributed by atoms with Crippen LogP contribution in [0.5, 0.6) is 34.5 Å². The van der Waals surface area contributed by atoms with Crippen molar-refractivity contribution in [1.29, 1.82) is 0 Å². The molecule has 0 aliphatic heterocycles. The Balaban J connectivity index is 0.963. The first kappa shape index (κ1) is 52.6. The molecule has 0 atom stereocenters. The summed E-state index contributed by atoms with van der Waals surface area (Å²) in [6, 6.07) is 83.0. The van der Waals surface area contributed by atoms with Crippen molar-refractivity contribution < 1.29 is 32.8 Å². The monoisotopic (exact) mass is 1140 g/mol. The van der Waals surface area contributed by atoms with Gasteiger partial charge >= 0.3 is 0 Å². The van der Waals surface area contributed by atoms with Gasteiger partial charge in [0.25, 0.3) is 0 Å². The number of methoxy groups -OCH3 is 6. The van der Waals surface area contributed by atoms with E-state index in [9.17, 15) is 0 Å². The average molecular weight is 1140 g/mol. The van der Waals surface area contributed by atoms with Crippen molar-refractivity contribution in [3.8, 4) is 74.5 Å². The first-order valence-corrected chi connectivity index (χ1v) is 28.6. The van der Waals surface area contributed by atoms with E-state index < -0.39 is 5.41 Å². The normalized spacial score (nSPS) is 11.8. The standard InChI is InChI=1S/C75H57N5O7/c1-81-55-28-34-67-61(40-55)62-41-56(82-2)29-35-68(62)78(67)52-22-16-49(17-23-52)75(48-14-12-47(13-15-48)74-77-76-73(87-74)46-10-8-7-9-11-46,50-18-24-53(25-19-50)79-69-36-30-57(83-3)42-63(69)64-43-58(84-4)31-37-70(64)79)51-20-26-54(27-21-51)80-71-38-32-59(85-5)44-65(71)66-45-60(86-6)33-39-72(66)80/h7-45H,1-6H3. The van der Waals surface area contributed by atoms with E-state index >= 15 is 0 Å². The first-order chi connectivity index (χ1) is 42.8. The molecule has 0 aliphatic rings. The third-order valence-corrected chi connectivity index (χ3v) is 17.2. The van der Waals surface area contributed by atoms with Crippen molar-refractivity contribution >= 4 is 65.4 Å². The molecular formula is C75H57N5O7. The number of ether oxygens (including phenoxy) is 6. The third-order valence-electron chi connectivity index (χ3n) is 17.2. The van der Waals surface area contributed by atoms with E-state index in [1.54, 1.807) is 42.7 Å². The van der Waals surface area contributed by atoms with Crippen LogP contribution in [0, 0.1) is 0 Å². The fourth-order valence-corrected chi connectivity index (χ4v) is 13.0. The fourth-order valence-electron chi connectivity index (χ4n) is 13.0. The van der Waals surface area contributed by atoms with Gasteiger partial charge in [-0.1, -0.05) is 66.7 Å². The molecule has 87 heavy (non-hydrogen) atoms. The average Bonchev–Trinajstić information content (AvgIpc) is 1.93. The maximum atomic E-state index is 6.37. The molecule has 0 unspecified atom stereocenters. The molecule has 4 aromatic heterocycles. The summed E-state index contributed by atoms with van der Waals surface area (Å²) >= 11 is 0. The SMILES string of the molecule is COc1ccc2c(c1)c1cc(OC)ccc1n2-c1ccc(C(c2ccc(-c3nnc(-c4ccccc4)o3)cc2)(c2ccc(-n3c4ccc(OC)cc4c4cc(OC)ccc43)cc2)c2ccc(-n3c4ccc(OC)cc4c4cc(OC)ccc43)cc2)cc1. The summed E-state index contributed by atoms with van der Waals surface area (Å²) in [5, 5.41) is 15.4. The summed E-state index contributed by atoms with van der Waals surface area (Å²) in [6.07, 6.45) is 0. The van der Waals surface area contributed by atoms with Gasteiger partial charge < -0.3 is 46.5 Å². The fraction of sp³-hybridized carbons (Fsp3) is 0.0933. The predicted octanol–water partition coefficient (Wildman–Crippen LogP) is 17.1. The van der Waals surface area contributed by atoms with Crippen molar-refractivity contribution in [1.82, 2.24) is 23.9 Å². The van der Waals surface area contributed by atoms with Crippen LogP contribution in [0.2, 0.25) is 0 Å². The minimum absolute atomic E-state index is 0.424. The summed E-state index contributed by atoms with van der Waals surface area (Å²) in [6.45, 7) is 0. The highest BCUT2D eigenvalue weighted by Crippen LogP contribution is 2.48. The molecule has 0 spiro atoms. The Morgan fingerprint density at radius 1 is 0.276 bits per heavy atom. The summed E-state index contributed by atoms with van der Waals surface area (Å²) in [7, 11) is 10.2. The zero-order valence-electron chi connectivity index (χ0n) is 48.6. The number of rotatable bonds is 15. The van der Waals surface area contributed by atoms with Gasteiger partial charge in [-0.25, -0.2) is 0 Å². The lowest BCUT2D eigenvalue weighted by molar-refractivity contribution is 0.415. The molecule has 0 N–H and O–H groups in total. The van der Waals surface area contributed by atoms with Gasteiger partial charge in [0.05, 0.1) is 81.2 Å². The van der Waals surface area contributed by atoms with Gasteiger partial charge in [0, 0.05) is 60.5 Å². The Morgan fingerprint density at radius 2 is 0.517 bits per heavy atom. The van der Waals surface area contributed by atoms with Crippen molar-refractivity contribution in [2.24, 2.45) is 0 Å². The molecule has 15 aromatic rings. The quantitative estimate of drug-likeness (QED) is 0.0927. The van der Waals surface area contributed by atoms with Crippen LogP contribution in [0.1, 0.15) is 22.3 Å². The second-order valence-electron chi connectivity index (χ2n) is 21.6. The van der Waals surface area contributed by atoms with E-state index in [0.717, 1.165) is 150 Å². The number of aromatic nitrogens is 5. The summed E-state index contributed by atoms with van der Waals surface area (Å²) < 4.78 is 47.9. The molecule has 12 heteroatoms. The molecule has 0 saturated carbocycles. The van der Waals surface area contributed by atoms with Crippen LogP contribution < -0.4 is 28.4 Å². The van der Waals surface area contributed by atoms with Crippen LogP contribution in [-0.4, -0.2) is 66.6 Å². The van der Waals surface area contributed by atoms with Crippen LogP contribution in [0.25, 0.3) is 105 Å². The maximum absolute atomic E-state index is 6.37.